The van der Waals surface area contributed by atoms with E-state index in [2.05, 4.69) is 15.6 Å². The highest BCUT2D eigenvalue weighted by Crippen LogP contribution is 2.40. The van der Waals surface area contributed by atoms with Gasteiger partial charge >= 0.3 is 5.97 Å². The van der Waals surface area contributed by atoms with Crippen molar-refractivity contribution in [1.82, 2.24) is 14.5 Å². The first-order chi connectivity index (χ1) is 16.3. The van der Waals surface area contributed by atoms with E-state index in [0.29, 0.717) is 38.9 Å². The lowest BCUT2D eigenvalue weighted by molar-refractivity contribution is -0.150. The van der Waals surface area contributed by atoms with E-state index in [-0.39, 0.29) is 17.6 Å². The number of hydrogen-bond donors (Lipinski definition) is 1. The number of carbonyl (C=O) groups excluding carboxylic acids is 1. The number of hydrogen-bond acceptors (Lipinski definition) is 3. The highest BCUT2D eigenvalue weighted by molar-refractivity contribution is 5.84. The van der Waals surface area contributed by atoms with Gasteiger partial charge in [0, 0.05) is 36.8 Å². The number of pyridine rings is 1. The third-order valence-electron chi connectivity index (χ3n) is 7.78. The molecule has 1 N–H and O–H groups in total. The van der Waals surface area contributed by atoms with E-state index < -0.39 is 11.4 Å². The molecule has 1 aliphatic heterocycles. The summed E-state index contributed by atoms with van der Waals surface area (Å²) in [6.07, 6.45) is 5.80. The molecule has 3 aromatic rings. The Kier molecular flexibility index (Phi) is 5.88. The van der Waals surface area contributed by atoms with Crippen molar-refractivity contribution in [2.75, 3.05) is 6.54 Å². The van der Waals surface area contributed by atoms with Crippen molar-refractivity contribution in [3.63, 3.8) is 0 Å². The van der Waals surface area contributed by atoms with E-state index in [9.17, 15) is 19.1 Å². The molecule has 7 heteroatoms. The number of nitrogens with zero attached hydrogens (tertiary/aromatic N) is 3. The predicted octanol–water partition coefficient (Wildman–Crippen LogP) is 4.78. The van der Waals surface area contributed by atoms with Gasteiger partial charge in [-0.2, -0.15) is 0 Å². The number of aliphatic carboxylic acids is 1. The maximum Gasteiger partial charge on any atom is 0.309 e. The van der Waals surface area contributed by atoms with Crippen LogP contribution in [0.15, 0.2) is 42.6 Å². The first-order valence-electron chi connectivity index (χ1n) is 12.0. The Hall–Kier alpha value is -3.22. The first-order valence-corrected chi connectivity index (χ1v) is 12.0. The Morgan fingerprint density at radius 3 is 2.74 bits per heavy atom. The predicted molar refractivity (Wildman–Crippen MR) is 127 cm³/mol. The van der Waals surface area contributed by atoms with E-state index in [0.717, 1.165) is 41.6 Å². The third kappa shape index (κ3) is 4.19. The van der Waals surface area contributed by atoms with Gasteiger partial charge in [-0.05, 0) is 80.3 Å². The third-order valence-corrected chi connectivity index (χ3v) is 7.78. The van der Waals surface area contributed by atoms with E-state index in [1.54, 1.807) is 18.3 Å². The van der Waals surface area contributed by atoms with E-state index in [4.69, 9.17) is 0 Å². The van der Waals surface area contributed by atoms with Gasteiger partial charge < -0.3 is 14.6 Å². The molecule has 1 aromatic carbocycles. The van der Waals surface area contributed by atoms with Crippen LogP contribution in [0.5, 0.6) is 0 Å². The van der Waals surface area contributed by atoms with E-state index in [1.165, 1.54) is 11.6 Å². The van der Waals surface area contributed by atoms with Crippen molar-refractivity contribution in [2.24, 2.45) is 11.3 Å². The number of rotatable bonds is 5. The van der Waals surface area contributed by atoms with Gasteiger partial charge in [-0.1, -0.05) is 12.1 Å². The highest BCUT2D eigenvalue weighted by Gasteiger charge is 2.38. The minimum atomic E-state index is -0.736. The Morgan fingerprint density at radius 1 is 1.21 bits per heavy atom. The largest absolute Gasteiger partial charge is 0.481 e. The number of carboxylic acids is 1. The summed E-state index contributed by atoms with van der Waals surface area (Å²) >= 11 is 0. The summed E-state index contributed by atoms with van der Waals surface area (Å²) in [6, 6.07) is 10.6. The zero-order valence-electron chi connectivity index (χ0n) is 19.5. The molecule has 0 atom stereocenters. The van der Waals surface area contributed by atoms with Crippen LogP contribution in [-0.4, -0.2) is 38.0 Å². The second-order valence-electron chi connectivity index (χ2n) is 10.1. The zero-order chi connectivity index (χ0) is 23.9. The summed E-state index contributed by atoms with van der Waals surface area (Å²) in [6.45, 7) is 3.49. The monoisotopic (exact) mass is 463 g/mol. The van der Waals surface area contributed by atoms with Gasteiger partial charge in [0.05, 0.1) is 12.0 Å². The molecule has 1 saturated carbocycles. The highest BCUT2D eigenvalue weighted by atomic mass is 19.1. The van der Waals surface area contributed by atoms with E-state index in [1.807, 2.05) is 24.0 Å². The van der Waals surface area contributed by atoms with Crippen LogP contribution < -0.4 is 0 Å². The van der Waals surface area contributed by atoms with Crippen molar-refractivity contribution >= 4 is 22.9 Å². The standard InChI is InChI=1S/C27H30FN3O3/c1-27(26(33)34)10-7-18(8-11-27)15-24(32)30-13-9-21-22-6-3-12-29-25(22)31(23(21)17-30)16-19-4-2-5-20(28)14-19/h2-6,12,14,18H,7-11,13,15-17H2,1H3,(H,33,34)/t18-,27-. The van der Waals surface area contributed by atoms with Gasteiger partial charge in [0.1, 0.15) is 11.5 Å². The number of carboxylic acid groups (broad SMARTS) is 1. The van der Waals surface area contributed by atoms with Crippen LogP contribution in [0.25, 0.3) is 11.0 Å². The molecule has 1 amide bonds. The van der Waals surface area contributed by atoms with Crippen LogP contribution in [0.3, 0.4) is 0 Å². The van der Waals surface area contributed by atoms with Gasteiger partial charge in [0.15, 0.2) is 0 Å². The van der Waals surface area contributed by atoms with Crippen LogP contribution in [0, 0.1) is 17.2 Å². The molecular weight excluding hydrogens is 433 g/mol. The molecule has 5 rings (SSSR count). The van der Waals surface area contributed by atoms with Gasteiger partial charge in [-0.25, -0.2) is 9.37 Å². The molecule has 0 radical (unpaired) electrons. The van der Waals surface area contributed by atoms with Crippen molar-refractivity contribution < 1.29 is 19.1 Å². The second kappa shape index (κ2) is 8.85. The Morgan fingerprint density at radius 2 is 2.00 bits per heavy atom. The lowest BCUT2D eigenvalue weighted by Gasteiger charge is -2.35. The van der Waals surface area contributed by atoms with Crippen molar-refractivity contribution in [3.8, 4) is 0 Å². The minimum Gasteiger partial charge on any atom is -0.481 e. The minimum absolute atomic E-state index is 0.130. The topological polar surface area (TPSA) is 75.4 Å². The summed E-state index contributed by atoms with van der Waals surface area (Å²) in [5, 5.41) is 10.6. The molecule has 2 aliphatic rings. The molecule has 178 valence electrons. The van der Waals surface area contributed by atoms with Gasteiger partial charge in [-0.3, -0.25) is 9.59 Å². The van der Waals surface area contributed by atoms with Crippen molar-refractivity contribution in [2.45, 2.75) is 58.5 Å². The molecule has 3 heterocycles. The number of carbonyl (C=O) groups is 2. The number of benzene rings is 1. The van der Waals surface area contributed by atoms with Gasteiger partial charge in [0.2, 0.25) is 5.91 Å². The summed E-state index contributed by atoms with van der Waals surface area (Å²) in [7, 11) is 0. The normalized spacial score (nSPS) is 22.5. The molecule has 0 bridgehead atoms. The molecule has 6 nitrogen and oxygen atoms in total. The fourth-order valence-electron chi connectivity index (χ4n) is 5.57. The zero-order valence-corrected chi connectivity index (χ0v) is 19.5. The molecule has 0 saturated heterocycles. The molecular formula is C27H30FN3O3. The van der Waals surface area contributed by atoms with Crippen LogP contribution >= 0.6 is 0 Å². The average Bonchev–Trinajstić information content (AvgIpc) is 3.13. The smallest absolute Gasteiger partial charge is 0.309 e. The summed E-state index contributed by atoms with van der Waals surface area (Å²) < 4.78 is 15.9. The number of halogens is 1. The SMILES string of the molecule is C[C@]1(C(=O)O)CC[C@H](CC(=O)N2CCc3c(n(Cc4cccc(F)c4)c4ncccc34)C2)CC1. The first kappa shape index (κ1) is 22.6. The van der Waals surface area contributed by atoms with Crippen LogP contribution in [-0.2, 0) is 29.1 Å². The van der Waals surface area contributed by atoms with Gasteiger partial charge in [-0.15, -0.1) is 0 Å². The molecule has 1 aliphatic carbocycles. The number of fused-ring (bicyclic) bond motifs is 3. The van der Waals surface area contributed by atoms with Gasteiger partial charge in [0.25, 0.3) is 0 Å². The number of aromatic nitrogens is 2. The Bertz CT molecular complexity index is 1240. The van der Waals surface area contributed by atoms with Crippen molar-refractivity contribution in [1.29, 1.82) is 0 Å². The van der Waals surface area contributed by atoms with Crippen LogP contribution in [0.2, 0.25) is 0 Å². The molecule has 2 aromatic heterocycles. The fraction of sp³-hybridized carbons (Fsp3) is 0.444. The summed E-state index contributed by atoms with van der Waals surface area (Å²) in [5.41, 5.74) is 3.35. The Labute approximate surface area is 198 Å². The lowest BCUT2D eigenvalue weighted by atomic mass is 9.71. The Balaban J connectivity index is 1.35. The van der Waals surface area contributed by atoms with Crippen molar-refractivity contribution in [3.05, 3.63) is 65.2 Å². The van der Waals surface area contributed by atoms with Crippen LogP contribution in [0.1, 0.15) is 55.8 Å². The molecule has 34 heavy (non-hydrogen) atoms. The fourth-order valence-corrected chi connectivity index (χ4v) is 5.57. The number of amides is 1. The molecule has 1 fully saturated rings. The van der Waals surface area contributed by atoms with Crippen LogP contribution in [0.4, 0.5) is 4.39 Å². The lowest BCUT2D eigenvalue weighted by Crippen LogP contribution is -2.39. The summed E-state index contributed by atoms with van der Waals surface area (Å²) in [5.74, 6) is -0.633. The average molecular weight is 464 g/mol. The molecule has 0 spiro atoms. The second-order valence-corrected chi connectivity index (χ2v) is 10.1. The summed E-state index contributed by atoms with van der Waals surface area (Å²) in [4.78, 5) is 31.3. The maximum absolute atomic E-state index is 13.8. The quantitative estimate of drug-likeness (QED) is 0.591. The maximum atomic E-state index is 13.8. The molecule has 0 unspecified atom stereocenters. The van der Waals surface area contributed by atoms with E-state index >= 15 is 0 Å².